The molecule has 0 aromatic carbocycles. The Morgan fingerprint density at radius 3 is 2.90 bits per heavy atom. The molecule has 158 valence electrons. The lowest BCUT2D eigenvalue weighted by molar-refractivity contribution is 0.454. The van der Waals surface area contributed by atoms with E-state index in [2.05, 4.69) is 25.4 Å². The molecule has 5 rings (SSSR count). The number of anilines is 1. The summed E-state index contributed by atoms with van der Waals surface area (Å²) in [6.07, 6.45) is 7.18. The molecule has 0 amide bonds. The summed E-state index contributed by atoms with van der Waals surface area (Å²) in [5.74, 6) is 0.408. The fraction of sp³-hybridized carbons (Fsp3) is 0.286. The highest BCUT2D eigenvalue weighted by atomic mass is 16.3. The van der Waals surface area contributed by atoms with Crippen LogP contribution in [0.4, 0.5) is 5.82 Å². The highest BCUT2D eigenvalue weighted by Crippen LogP contribution is 2.23. The van der Waals surface area contributed by atoms with Gasteiger partial charge >= 0.3 is 5.69 Å². The molecule has 31 heavy (non-hydrogen) atoms. The van der Waals surface area contributed by atoms with Crippen LogP contribution in [0.25, 0.3) is 11.7 Å². The van der Waals surface area contributed by atoms with Gasteiger partial charge < -0.3 is 15.4 Å². The van der Waals surface area contributed by atoms with E-state index in [0.29, 0.717) is 28.2 Å². The molecule has 4 N–H and O–H groups in total. The molecular formula is C21H22N8O2. The predicted molar refractivity (Wildman–Crippen MR) is 114 cm³/mol. The van der Waals surface area contributed by atoms with Gasteiger partial charge in [0.25, 0.3) is 0 Å². The summed E-state index contributed by atoms with van der Waals surface area (Å²) in [5.41, 5.74) is 3.09. The number of aromatic hydroxyl groups is 1. The van der Waals surface area contributed by atoms with Gasteiger partial charge in [0.15, 0.2) is 11.1 Å². The van der Waals surface area contributed by atoms with Gasteiger partial charge in [0.05, 0.1) is 24.0 Å². The van der Waals surface area contributed by atoms with Gasteiger partial charge in [0.2, 0.25) is 5.88 Å². The van der Waals surface area contributed by atoms with Crippen molar-refractivity contribution in [1.29, 1.82) is 0 Å². The van der Waals surface area contributed by atoms with Crippen molar-refractivity contribution in [3.63, 3.8) is 0 Å². The number of aryl methyl sites for hydroxylation is 1. The first-order chi connectivity index (χ1) is 15.0. The van der Waals surface area contributed by atoms with E-state index in [0.717, 1.165) is 24.1 Å². The second kappa shape index (κ2) is 7.38. The molecule has 1 aliphatic rings. The fourth-order valence-corrected chi connectivity index (χ4v) is 3.36. The van der Waals surface area contributed by atoms with Crippen molar-refractivity contribution in [3.8, 4) is 5.88 Å². The number of nitrogens with one attached hydrogen (secondary N) is 3. The lowest BCUT2D eigenvalue weighted by Gasteiger charge is -2.14. The van der Waals surface area contributed by atoms with Crippen molar-refractivity contribution in [3.05, 3.63) is 68.7 Å². The van der Waals surface area contributed by atoms with E-state index in [9.17, 15) is 9.90 Å². The van der Waals surface area contributed by atoms with Gasteiger partial charge in [0, 0.05) is 17.5 Å². The predicted octanol–water partition coefficient (Wildman–Crippen LogP) is 0.939. The number of hydrogen-bond acceptors (Lipinski definition) is 7. The quantitative estimate of drug-likeness (QED) is 0.381. The molecule has 0 aliphatic heterocycles. The zero-order valence-electron chi connectivity index (χ0n) is 17.1. The largest absolute Gasteiger partial charge is 0.493 e. The van der Waals surface area contributed by atoms with E-state index < -0.39 is 5.69 Å². The number of rotatable bonds is 5. The summed E-state index contributed by atoms with van der Waals surface area (Å²) < 4.78 is 1.67. The zero-order valence-corrected chi connectivity index (χ0v) is 17.1. The van der Waals surface area contributed by atoms with Crippen molar-refractivity contribution in [2.45, 2.75) is 38.8 Å². The Balaban J connectivity index is 1.62. The van der Waals surface area contributed by atoms with Crippen molar-refractivity contribution in [2.24, 2.45) is 4.99 Å². The lowest BCUT2D eigenvalue weighted by atomic mass is 10.1. The van der Waals surface area contributed by atoms with Crippen molar-refractivity contribution >= 4 is 17.5 Å². The summed E-state index contributed by atoms with van der Waals surface area (Å²) >= 11 is 0. The SMILES string of the molecule is Cc1ccnc(C(C)Nc2cc(=NC3CC3)n3nc/c(=C\c4[nH]c(=O)[nH]c4O)c3n2)c1. The van der Waals surface area contributed by atoms with Gasteiger partial charge in [0.1, 0.15) is 11.5 Å². The molecule has 4 aromatic rings. The third-order valence-electron chi connectivity index (χ3n) is 5.12. The van der Waals surface area contributed by atoms with E-state index in [4.69, 9.17) is 9.98 Å². The number of nitrogens with zero attached hydrogens (tertiary/aromatic N) is 5. The van der Waals surface area contributed by atoms with Crippen LogP contribution in [0.5, 0.6) is 5.88 Å². The maximum atomic E-state index is 11.5. The standard InChI is InChI=1S/C21H22N8O2/c1-11-5-6-22-15(7-11)12(2)24-17-9-18(25-14-3-4-14)29-19(27-17)13(10-23-29)8-16-20(30)28-21(31)26-16/h5-10,12,14,24,30H,3-4H2,1-2H3,(H2,26,28,31)/b13-8+,25-18?. The number of fused-ring (bicyclic) bond motifs is 1. The molecule has 1 saturated carbocycles. The summed E-state index contributed by atoms with van der Waals surface area (Å²) in [6.45, 7) is 4.06. The normalized spacial score (nSPS) is 16.2. The van der Waals surface area contributed by atoms with Crippen molar-refractivity contribution < 1.29 is 5.11 Å². The monoisotopic (exact) mass is 418 g/mol. The molecule has 0 spiro atoms. The lowest BCUT2D eigenvalue weighted by Crippen LogP contribution is -2.21. The minimum absolute atomic E-state index is 0.0657. The summed E-state index contributed by atoms with van der Waals surface area (Å²) in [4.78, 5) is 30.3. The Kier molecular flexibility index (Phi) is 4.54. The number of H-pyrrole nitrogens is 2. The average Bonchev–Trinajstić information content (AvgIpc) is 3.37. The van der Waals surface area contributed by atoms with Crippen LogP contribution in [0.3, 0.4) is 0 Å². The third-order valence-corrected chi connectivity index (χ3v) is 5.12. The van der Waals surface area contributed by atoms with Crippen LogP contribution in [0.15, 0.2) is 40.4 Å². The number of pyridine rings is 1. The molecule has 0 radical (unpaired) electrons. The van der Waals surface area contributed by atoms with Crippen LogP contribution in [0.2, 0.25) is 0 Å². The second-order valence-electron chi connectivity index (χ2n) is 7.81. The van der Waals surface area contributed by atoms with Crippen LogP contribution < -0.4 is 21.7 Å². The summed E-state index contributed by atoms with van der Waals surface area (Å²) in [6, 6.07) is 6.11. The van der Waals surface area contributed by atoms with Crippen LogP contribution in [-0.4, -0.2) is 40.7 Å². The molecule has 1 unspecified atom stereocenters. The van der Waals surface area contributed by atoms with Crippen LogP contribution >= 0.6 is 0 Å². The van der Waals surface area contributed by atoms with E-state index >= 15 is 0 Å². The van der Waals surface area contributed by atoms with Crippen LogP contribution in [-0.2, 0) is 0 Å². The first kappa shape index (κ1) is 19.0. The van der Waals surface area contributed by atoms with Gasteiger partial charge in [-0.05, 0) is 50.5 Å². The molecule has 1 aliphatic carbocycles. The van der Waals surface area contributed by atoms with E-state index in [-0.39, 0.29) is 17.6 Å². The highest BCUT2D eigenvalue weighted by Gasteiger charge is 2.20. The molecule has 1 atom stereocenters. The first-order valence-corrected chi connectivity index (χ1v) is 10.1. The number of aromatic nitrogens is 6. The minimum Gasteiger partial charge on any atom is -0.493 e. The van der Waals surface area contributed by atoms with Gasteiger partial charge in [-0.3, -0.25) is 15.0 Å². The summed E-state index contributed by atoms with van der Waals surface area (Å²) in [7, 11) is 0. The number of hydrogen-bond donors (Lipinski definition) is 4. The van der Waals surface area contributed by atoms with Gasteiger partial charge in [-0.25, -0.2) is 9.78 Å². The van der Waals surface area contributed by atoms with Crippen molar-refractivity contribution in [1.82, 2.24) is 29.5 Å². The minimum atomic E-state index is -0.487. The maximum absolute atomic E-state index is 11.5. The van der Waals surface area contributed by atoms with E-state index in [1.807, 2.05) is 32.0 Å². The number of imidazole rings is 1. The molecule has 4 heterocycles. The second-order valence-corrected chi connectivity index (χ2v) is 7.81. The smallest absolute Gasteiger partial charge is 0.326 e. The third kappa shape index (κ3) is 3.91. The molecule has 0 bridgehead atoms. The molecule has 1 fully saturated rings. The Labute approximate surface area is 176 Å². The van der Waals surface area contributed by atoms with Crippen LogP contribution in [0.1, 0.15) is 42.8 Å². The Bertz CT molecular complexity index is 1440. The van der Waals surface area contributed by atoms with E-state index in [1.54, 1.807) is 23.0 Å². The van der Waals surface area contributed by atoms with E-state index in [1.165, 1.54) is 0 Å². The molecular weight excluding hydrogens is 396 g/mol. The molecule has 10 heteroatoms. The maximum Gasteiger partial charge on any atom is 0.326 e. The van der Waals surface area contributed by atoms with Crippen LogP contribution in [0, 0.1) is 6.92 Å². The first-order valence-electron chi connectivity index (χ1n) is 10.1. The van der Waals surface area contributed by atoms with Gasteiger partial charge in [-0.2, -0.15) is 9.61 Å². The number of aromatic amines is 2. The molecule has 4 aromatic heterocycles. The van der Waals surface area contributed by atoms with Crippen molar-refractivity contribution in [2.75, 3.05) is 5.32 Å². The van der Waals surface area contributed by atoms with Gasteiger partial charge in [-0.15, -0.1) is 0 Å². The fourth-order valence-electron chi connectivity index (χ4n) is 3.36. The highest BCUT2D eigenvalue weighted by molar-refractivity contribution is 5.58. The molecule has 0 saturated heterocycles. The van der Waals surface area contributed by atoms with Gasteiger partial charge in [-0.1, -0.05) is 0 Å². The molecule has 10 nitrogen and oxygen atoms in total. The summed E-state index contributed by atoms with van der Waals surface area (Å²) in [5, 5.41) is 18.4. The Hall–Kier alpha value is -3.95. The zero-order chi connectivity index (χ0) is 21.5. The average molecular weight is 418 g/mol. The Morgan fingerprint density at radius 2 is 2.19 bits per heavy atom. The Morgan fingerprint density at radius 1 is 1.35 bits per heavy atom. The topological polar surface area (TPSA) is 136 Å².